The minimum absolute atomic E-state index is 0. The Labute approximate surface area is 184 Å². The van der Waals surface area contributed by atoms with E-state index in [1.807, 2.05) is 36.0 Å². The van der Waals surface area contributed by atoms with Crippen molar-refractivity contribution < 1.29 is 14.3 Å². The van der Waals surface area contributed by atoms with Gasteiger partial charge in [0.1, 0.15) is 12.4 Å². The van der Waals surface area contributed by atoms with E-state index in [-0.39, 0.29) is 30.7 Å². The Bertz CT molecular complexity index is 571. The van der Waals surface area contributed by atoms with E-state index in [0.717, 1.165) is 62.2 Å². The molecule has 0 radical (unpaired) electrons. The number of amides is 1. The van der Waals surface area contributed by atoms with Crippen LogP contribution >= 0.6 is 36.6 Å². The summed E-state index contributed by atoms with van der Waals surface area (Å²) in [5, 5.41) is 6.41. The molecule has 2 heterocycles. The Hall–Kier alpha value is -0.700. The highest BCUT2D eigenvalue weighted by atomic mass is 35.5. The first kappa shape index (κ1) is 25.3. The van der Waals surface area contributed by atoms with Gasteiger partial charge in [-0.3, -0.25) is 9.69 Å². The summed E-state index contributed by atoms with van der Waals surface area (Å²) < 4.78 is 11.2. The molecule has 1 atom stereocenters. The summed E-state index contributed by atoms with van der Waals surface area (Å²) in [6, 6.07) is 8.26. The maximum atomic E-state index is 12.1. The third-order valence-electron chi connectivity index (χ3n) is 4.60. The standard InChI is InChI=1S/C19H29N3O3S.2ClH/c23-19(13-17-15-26-11-4-20-17)21-14-16-2-1-3-18(12-16)25-10-7-22-5-8-24-9-6-22;;/h1-3,12,17,20H,4-11,13-15H2,(H,21,23);2*1H. The van der Waals surface area contributed by atoms with Crippen LogP contribution in [0.3, 0.4) is 0 Å². The predicted molar refractivity (Wildman–Crippen MR) is 119 cm³/mol. The molecule has 1 aromatic carbocycles. The fourth-order valence-electron chi connectivity index (χ4n) is 3.11. The molecule has 0 aromatic heterocycles. The van der Waals surface area contributed by atoms with Crippen LogP contribution in [-0.4, -0.2) is 74.4 Å². The Morgan fingerprint density at radius 1 is 1.32 bits per heavy atom. The van der Waals surface area contributed by atoms with Crippen molar-refractivity contribution in [1.82, 2.24) is 15.5 Å². The lowest BCUT2D eigenvalue weighted by atomic mass is 10.2. The van der Waals surface area contributed by atoms with Gasteiger partial charge in [-0.2, -0.15) is 11.8 Å². The smallest absolute Gasteiger partial charge is 0.221 e. The molecular formula is C19H31Cl2N3O3S. The van der Waals surface area contributed by atoms with Crippen molar-refractivity contribution in [2.75, 3.05) is 57.5 Å². The highest BCUT2D eigenvalue weighted by Crippen LogP contribution is 2.14. The number of benzene rings is 1. The third-order valence-corrected chi connectivity index (χ3v) is 5.73. The summed E-state index contributed by atoms with van der Waals surface area (Å²) >= 11 is 1.91. The lowest BCUT2D eigenvalue weighted by Crippen LogP contribution is -2.41. The first-order valence-corrected chi connectivity index (χ1v) is 10.5. The molecule has 0 aliphatic carbocycles. The summed E-state index contributed by atoms with van der Waals surface area (Å²) in [6.07, 6.45) is 0.544. The average Bonchev–Trinajstić information content (AvgIpc) is 2.68. The van der Waals surface area contributed by atoms with Crippen LogP contribution in [0.25, 0.3) is 0 Å². The SMILES string of the molecule is Cl.Cl.O=C(CC1CSCCN1)NCc1cccc(OCCN2CCOCC2)c1. The van der Waals surface area contributed by atoms with Gasteiger partial charge in [0.2, 0.25) is 5.91 Å². The summed E-state index contributed by atoms with van der Waals surface area (Å²) in [4.78, 5) is 14.5. The van der Waals surface area contributed by atoms with E-state index in [4.69, 9.17) is 9.47 Å². The fourth-order valence-corrected chi connectivity index (χ4v) is 4.06. The van der Waals surface area contributed by atoms with Gasteiger partial charge in [-0.1, -0.05) is 12.1 Å². The van der Waals surface area contributed by atoms with Gasteiger partial charge < -0.3 is 20.1 Å². The predicted octanol–water partition coefficient (Wildman–Crippen LogP) is 1.95. The van der Waals surface area contributed by atoms with Crippen molar-refractivity contribution in [3.8, 4) is 5.75 Å². The van der Waals surface area contributed by atoms with Crippen LogP contribution in [0, 0.1) is 0 Å². The Morgan fingerprint density at radius 3 is 2.89 bits per heavy atom. The fraction of sp³-hybridized carbons (Fsp3) is 0.632. The summed E-state index contributed by atoms with van der Waals surface area (Å²) in [5.74, 6) is 3.11. The number of carbonyl (C=O) groups excluding carboxylic acids is 1. The molecule has 2 N–H and O–H groups in total. The normalized spacial score (nSPS) is 19.8. The number of morpholine rings is 1. The summed E-state index contributed by atoms with van der Waals surface area (Å²) in [6.45, 7) is 6.69. The van der Waals surface area contributed by atoms with Crippen molar-refractivity contribution in [2.45, 2.75) is 19.0 Å². The molecular weight excluding hydrogens is 421 g/mol. The Balaban J connectivity index is 0.00000196. The van der Waals surface area contributed by atoms with E-state index in [2.05, 4.69) is 15.5 Å². The van der Waals surface area contributed by atoms with E-state index >= 15 is 0 Å². The molecule has 2 aliphatic heterocycles. The minimum Gasteiger partial charge on any atom is -0.492 e. The maximum Gasteiger partial charge on any atom is 0.221 e. The zero-order valence-corrected chi connectivity index (χ0v) is 18.5. The topological polar surface area (TPSA) is 62.8 Å². The van der Waals surface area contributed by atoms with Crippen LogP contribution in [0.4, 0.5) is 0 Å². The van der Waals surface area contributed by atoms with Gasteiger partial charge in [-0.25, -0.2) is 0 Å². The van der Waals surface area contributed by atoms with E-state index in [1.54, 1.807) is 0 Å². The second kappa shape index (κ2) is 14.3. The number of hydrogen-bond acceptors (Lipinski definition) is 6. The van der Waals surface area contributed by atoms with Gasteiger partial charge in [-0.15, -0.1) is 24.8 Å². The average molecular weight is 452 g/mol. The molecule has 1 amide bonds. The van der Waals surface area contributed by atoms with Gasteiger partial charge in [0.25, 0.3) is 0 Å². The first-order chi connectivity index (χ1) is 12.8. The zero-order valence-electron chi connectivity index (χ0n) is 16.1. The quantitative estimate of drug-likeness (QED) is 0.629. The number of carbonyl (C=O) groups is 1. The summed E-state index contributed by atoms with van der Waals surface area (Å²) in [5.41, 5.74) is 1.06. The van der Waals surface area contributed by atoms with Crippen LogP contribution in [0.5, 0.6) is 5.75 Å². The molecule has 1 unspecified atom stereocenters. The molecule has 2 saturated heterocycles. The molecule has 3 rings (SSSR count). The molecule has 0 bridgehead atoms. The number of rotatable bonds is 8. The number of thioether (sulfide) groups is 1. The molecule has 1 aromatic rings. The van der Waals surface area contributed by atoms with Crippen LogP contribution in [0.2, 0.25) is 0 Å². The monoisotopic (exact) mass is 451 g/mol. The van der Waals surface area contributed by atoms with E-state index in [9.17, 15) is 4.79 Å². The lowest BCUT2D eigenvalue weighted by Gasteiger charge is -2.26. The molecule has 2 aliphatic rings. The number of nitrogens with zero attached hydrogens (tertiary/aromatic N) is 1. The number of hydrogen-bond donors (Lipinski definition) is 2. The van der Waals surface area contributed by atoms with Crippen LogP contribution in [-0.2, 0) is 16.1 Å². The van der Waals surface area contributed by atoms with Crippen molar-refractivity contribution in [3.05, 3.63) is 29.8 Å². The Kier molecular flexibility index (Phi) is 12.9. The lowest BCUT2D eigenvalue weighted by molar-refractivity contribution is -0.121. The second-order valence-electron chi connectivity index (χ2n) is 6.66. The van der Waals surface area contributed by atoms with Crippen molar-refractivity contribution in [3.63, 3.8) is 0 Å². The maximum absolute atomic E-state index is 12.1. The van der Waals surface area contributed by atoms with Crippen molar-refractivity contribution in [2.24, 2.45) is 0 Å². The number of halogens is 2. The van der Waals surface area contributed by atoms with Gasteiger partial charge >= 0.3 is 0 Å². The highest BCUT2D eigenvalue weighted by Gasteiger charge is 2.16. The van der Waals surface area contributed by atoms with Crippen LogP contribution in [0.1, 0.15) is 12.0 Å². The van der Waals surface area contributed by atoms with Crippen LogP contribution < -0.4 is 15.4 Å². The van der Waals surface area contributed by atoms with E-state index < -0.39 is 0 Å². The van der Waals surface area contributed by atoms with E-state index in [1.165, 1.54) is 0 Å². The molecule has 0 spiro atoms. The molecule has 160 valence electrons. The molecule has 0 saturated carbocycles. The van der Waals surface area contributed by atoms with Gasteiger partial charge in [0, 0.05) is 56.7 Å². The van der Waals surface area contributed by atoms with Gasteiger partial charge in [-0.05, 0) is 17.7 Å². The molecule has 9 heteroatoms. The zero-order chi connectivity index (χ0) is 18.0. The summed E-state index contributed by atoms with van der Waals surface area (Å²) in [7, 11) is 0. The van der Waals surface area contributed by atoms with Gasteiger partial charge in [0.15, 0.2) is 0 Å². The highest BCUT2D eigenvalue weighted by molar-refractivity contribution is 7.99. The molecule has 2 fully saturated rings. The molecule has 28 heavy (non-hydrogen) atoms. The number of nitrogens with one attached hydrogen (secondary N) is 2. The minimum atomic E-state index is 0. The Morgan fingerprint density at radius 2 is 2.14 bits per heavy atom. The third kappa shape index (κ3) is 9.20. The largest absolute Gasteiger partial charge is 0.492 e. The van der Waals surface area contributed by atoms with Crippen molar-refractivity contribution in [1.29, 1.82) is 0 Å². The second-order valence-corrected chi connectivity index (χ2v) is 7.81. The number of ether oxygens (including phenoxy) is 2. The van der Waals surface area contributed by atoms with Gasteiger partial charge in [0.05, 0.1) is 13.2 Å². The van der Waals surface area contributed by atoms with Crippen LogP contribution in [0.15, 0.2) is 24.3 Å². The first-order valence-electron chi connectivity index (χ1n) is 9.39. The van der Waals surface area contributed by atoms with Crippen molar-refractivity contribution >= 4 is 42.5 Å². The molecule has 6 nitrogen and oxygen atoms in total. The van der Waals surface area contributed by atoms with E-state index in [0.29, 0.717) is 25.6 Å².